The molecule has 0 aliphatic carbocycles. The Hall–Kier alpha value is 1.79. The van der Waals surface area contributed by atoms with E-state index in [9.17, 15) is 0 Å². The van der Waals surface area contributed by atoms with Gasteiger partial charge in [-0.3, -0.25) is 0 Å². The van der Waals surface area contributed by atoms with Gasteiger partial charge in [0.1, 0.15) is 5.75 Å². The molecule has 0 aromatic heterocycles. The van der Waals surface area contributed by atoms with Crippen LogP contribution in [0.5, 0.6) is 5.75 Å². The lowest BCUT2D eigenvalue weighted by molar-refractivity contribution is 0.339. The fourth-order valence-electron chi connectivity index (χ4n) is 1.01. The van der Waals surface area contributed by atoms with Gasteiger partial charge in [-0.15, -0.1) is 0 Å². The monoisotopic (exact) mass is 650 g/mol. The van der Waals surface area contributed by atoms with E-state index in [0.29, 0.717) is 11.3 Å². The van der Waals surface area contributed by atoms with Crippen molar-refractivity contribution in [2.24, 2.45) is 0 Å². The summed E-state index contributed by atoms with van der Waals surface area (Å²) in [4.78, 5) is 0. The van der Waals surface area contributed by atoms with Crippen LogP contribution in [-0.2, 0) is 4.74 Å². The molecule has 0 aliphatic rings. The number of thiocarbonyl (C=S) groups is 1. The largest absolute Gasteiger partial charge is 0.456 e. The van der Waals surface area contributed by atoms with Crippen LogP contribution >= 0.6 is 108 Å². The molecule has 0 spiro atoms. The Bertz CT molecular complexity index is 439. The highest BCUT2D eigenvalue weighted by atomic mass is 80.0. The summed E-state index contributed by atoms with van der Waals surface area (Å²) in [5.41, 5.74) is 0.651. The summed E-state index contributed by atoms with van der Waals surface area (Å²) in [6.07, 6.45) is 0. The summed E-state index contributed by atoms with van der Waals surface area (Å²) in [6, 6.07) is 7.26. The number of rotatable bonds is 2. The van der Waals surface area contributed by atoms with Gasteiger partial charge in [0, 0.05) is 0 Å². The Morgan fingerprint density at radius 3 is 2.00 bits per heavy atom. The molecule has 0 atom stereocenters. The topological polar surface area (TPSA) is 18.5 Å². The van der Waals surface area contributed by atoms with Crippen molar-refractivity contribution in [1.29, 1.82) is 0 Å². The van der Waals surface area contributed by atoms with Crippen LogP contribution in [0.1, 0.15) is 5.56 Å². The lowest BCUT2D eigenvalue weighted by atomic mass is 10.2. The first kappa shape index (κ1) is 17.8. The van der Waals surface area contributed by atoms with Gasteiger partial charge in [-0.25, -0.2) is 0 Å². The quantitative estimate of drug-likeness (QED) is 0.274. The van der Waals surface area contributed by atoms with Gasteiger partial charge in [0.05, 0.1) is 5.56 Å². The highest BCUT2D eigenvalue weighted by Gasteiger charge is 2.26. The Morgan fingerprint density at radius 1 is 0.944 bits per heavy atom. The van der Waals surface area contributed by atoms with E-state index >= 15 is 0 Å². The van der Waals surface area contributed by atoms with E-state index in [2.05, 4.69) is 95.6 Å². The van der Waals surface area contributed by atoms with Crippen molar-refractivity contribution in [3.8, 4) is 5.75 Å². The first-order valence-electron chi connectivity index (χ1n) is 4.23. The zero-order valence-corrected chi connectivity index (χ0v) is 18.6. The van der Waals surface area contributed by atoms with Gasteiger partial charge in [0.15, 0.2) is 5.05 Å². The average molecular weight is 656 g/mol. The molecule has 0 bridgehead atoms. The maximum atomic E-state index is 5.61. The second-order valence-electron chi connectivity index (χ2n) is 2.88. The van der Waals surface area contributed by atoms with Gasteiger partial charge in [-0.1, -0.05) is 12.1 Å². The Kier molecular flexibility index (Phi) is 7.11. The number of ether oxygens (including phenoxy) is 2. The van der Waals surface area contributed by atoms with Gasteiger partial charge >= 0.3 is 0 Å². The second-order valence-corrected chi connectivity index (χ2v) is 16.3. The first-order valence-corrected chi connectivity index (χ1v) is 9.40. The fourth-order valence-corrected chi connectivity index (χ4v) is 2.63. The fraction of sp³-hybridized carbons (Fsp3) is 0.222. The van der Waals surface area contributed by atoms with Gasteiger partial charge < -0.3 is 9.47 Å². The molecular formula is C9H4Br6O2S. The van der Waals surface area contributed by atoms with Crippen LogP contribution in [0.4, 0.5) is 0 Å². The molecule has 0 saturated carbocycles. The van der Waals surface area contributed by atoms with Crippen LogP contribution in [-0.4, -0.2) is 9.71 Å². The molecule has 9 heteroatoms. The Labute approximate surface area is 160 Å². The minimum absolute atomic E-state index is 0.271. The maximum Gasteiger partial charge on any atom is 0.273 e. The van der Waals surface area contributed by atoms with Gasteiger partial charge in [-0.2, -0.15) is 0 Å². The van der Waals surface area contributed by atoms with E-state index < -0.39 is 4.66 Å². The zero-order valence-electron chi connectivity index (χ0n) is 8.30. The Balaban J connectivity index is 2.99. The molecule has 0 amide bonds. The van der Waals surface area contributed by atoms with Crippen LogP contribution in [0.2, 0.25) is 0 Å². The van der Waals surface area contributed by atoms with Crippen molar-refractivity contribution in [1.82, 2.24) is 0 Å². The lowest BCUT2D eigenvalue weighted by Crippen LogP contribution is -2.17. The molecule has 1 aromatic rings. The van der Waals surface area contributed by atoms with E-state index in [1.54, 1.807) is 12.1 Å². The minimum Gasteiger partial charge on any atom is -0.456 e. The number of benzene rings is 1. The van der Waals surface area contributed by atoms with E-state index in [4.69, 9.17) is 21.7 Å². The van der Waals surface area contributed by atoms with Crippen LogP contribution in [0.15, 0.2) is 24.3 Å². The molecular weight excluding hydrogens is 652 g/mol. The van der Waals surface area contributed by atoms with Gasteiger partial charge in [0.2, 0.25) is 0 Å². The van der Waals surface area contributed by atoms with E-state index in [1.807, 2.05) is 12.1 Å². The molecule has 0 fully saturated rings. The Morgan fingerprint density at radius 2 is 1.50 bits per heavy atom. The third-order valence-corrected chi connectivity index (χ3v) is 2.82. The summed E-state index contributed by atoms with van der Waals surface area (Å²) in [5.74, 6) is 0.560. The molecule has 1 aromatic carbocycles. The third-order valence-electron chi connectivity index (χ3n) is 1.54. The number of alkyl halides is 6. The highest BCUT2D eigenvalue weighted by molar-refractivity contribution is 9.39. The smallest absolute Gasteiger partial charge is 0.273 e. The number of hydrogen-bond acceptors (Lipinski definition) is 3. The zero-order chi connectivity index (χ0) is 14.0. The molecule has 0 aliphatic heterocycles. The SMILES string of the molecule is S=C(OC(Br)(Br)Br)c1ccccc1OC(Br)(Br)Br. The van der Waals surface area contributed by atoms with Crippen molar-refractivity contribution in [2.45, 2.75) is 4.66 Å². The standard InChI is InChI=1S/C9H4Br6O2S/c10-8(11,12)16-6-4-2-1-3-5(6)7(18)17-9(13,14)15/h1-4H. The van der Waals surface area contributed by atoms with Crippen molar-refractivity contribution in [3.05, 3.63) is 29.8 Å². The number of para-hydroxylation sites is 1. The summed E-state index contributed by atoms with van der Waals surface area (Å²) in [5, 5.41) is 0.271. The van der Waals surface area contributed by atoms with Crippen molar-refractivity contribution >= 4 is 113 Å². The van der Waals surface area contributed by atoms with Crippen LogP contribution in [0.3, 0.4) is 0 Å². The highest BCUT2D eigenvalue weighted by Crippen LogP contribution is 2.39. The summed E-state index contributed by atoms with van der Waals surface area (Å²) in [7, 11) is 0. The predicted molar refractivity (Wildman–Crippen MR) is 98.9 cm³/mol. The third kappa shape index (κ3) is 6.99. The summed E-state index contributed by atoms with van der Waals surface area (Å²) in [6.45, 7) is 0. The lowest BCUT2D eigenvalue weighted by Gasteiger charge is -2.20. The molecule has 0 N–H and O–H groups in total. The number of hydrogen-bond donors (Lipinski definition) is 0. The molecule has 2 nitrogen and oxygen atoms in total. The van der Waals surface area contributed by atoms with E-state index in [-0.39, 0.29) is 5.05 Å². The van der Waals surface area contributed by atoms with E-state index in [1.165, 1.54) is 0 Å². The molecule has 0 heterocycles. The van der Waals surface area contributed by atoms with Crippen molar-refractivity contribution in [3.63, 3.8) is 0 Å². The summed E-state index contributed by atoms with van der Waals surface area (Å²) < 4.78 is 9.29. The van der Waals surface area contributed by atoms with Crippen molar-refractivity contribution < 1.29 is 9.47 Å². The molecule has 100 valence electrons. The van der Waals surface area contributed by atoms with Crippen LogP contribution in [0.25, 0.3) is 0 Å². The minimum atomic E-state index is -0.897. The molecule has 0 unspecified atom stereocenters. The second kappa shape index (κ2) is 7.17. The molecule has 18 heavy (non-hydrogen) atoms. The first-order chi connectivity index (χ1) is 8.08. The normalized spacial score (nSPS) is 12.1. The van der Waals surface area contributed by atoms with Gasteiger partial charge in [0.25, 0.3) is 4.66 Å². The van der Waals surface area contributed by atoms with E-state index in [0.717, 1.165) is 0 Å². The predicted octanol–water partition coefficient (Wildman–Crippen LogP) is 6.35. The van der Waals surface area contributed by atoms with Crippen LogP contribution < -0.4 is 4.74 Å². The van der Waals surface area contributed by atoms with Gasteiger partial charge in [-0.05, 0) is 120 Å². The van der Waals surface area contributed by atoms with Crippen LogP contribution in [0, 0.1) is 0 Å². The maximum absolute atomic E-state index is 5.61. The number of halogens is 6. The average Bonchev–Trinajstić information content (AvgIpc) is 2.12. The van der Waals surface area contributed by atoms with Crippen molar-refractivity contribution in [2.75, 3.05) is 0 Å². The molecule has 0 radical (unpaired) electrons. The molecule has 1 rings (SSSR count). The summed E-state index contributed by atoms with van der Waals surface area (Å²) >= 11 is 24.6. The molecule has 0 saturated heterocycles.